The summed E-state index contributed by atoms with van der Waals surface area (Å²) < 4.78 is 57.6. The largest absolute Gasteiger partial charge is 1.00 e. The fraction of sp³-hybridized carbons (Fsp3) is 0.400. The van der Waals surface area contributed by atoms with Crippen LogP contribution in [0.2, 0.25) is 0 Å². The number of aromatic nitrogens is 1. The van der Waals surface area contributed by atoms with Gasteiger partial charge in [-0.2, -0.15) is 16.8 Å². The van der Waals surface area contributed by atoms with Crippen LogP contribution in [0.1, 0.15) is 5.69 Å². The molecule has 0 aliphatic carbocycles. The van der Waals surface area contributed by atoms with Crippen molar-refractivity contribution in [3.63, 3.8) is 0 Å². The molecule has 156 valence electrons. The first-order valence-corrected chi connectivity index (χ1v) is 10.7. The third-order valence-electron chi connectivity index (χ3n) is 3.19. The Balaban J connectivity index is 0.00000420. The molecule has 2 heterocycles. The van der Waals surface area contributed by atoms with E-state index >= 15 is 0 Å². The van der Waals surface area contributed by atoms with E-state index < -0.39 is 56.8 Å². The molecule has 0 unspecified atom stereocenters. The predicted octanol–water partition coefficient (Wildman–Crippen LogP) is -6.56. The van der Waals surface area contributed by atoms with E-state index in [9.17, 15) is 26.7 Å². The number of thiazole rings is 1. The summed E-state index contributed by atoms with van der Waals surface area (Å²) in [6.45, 7) is -0.980. The molecule has 0 bridgehead atoms. The van der Waals surface area contributed by atoms with Crippen LogP contribution in [0, 0.1) is 0 Å². The second kappa shape index (κ2) is 9.62. The number of amides is 1. The normalized spacial score (nSPS) is 20.8. The van der Waals surface area contributed by atoms with Gasteiger partial charge in [0.05, 0.1) is 6.61 Å². The number of oxime groups is 1. The van der Waals surface area contributed by atoms with E-state index in [0.717, 1.165) is 18.4 Å². The van der Waals surface area contributed by atoms with Crippen molar-refractivity contribution in [2.24, 2.45) is 15.3 Å². The first kappa shape index (κ1) is 25.7. The van der Waals surface area contributed by atoms with Gasteiger partial charge in [0.1, 0.15) is 24.6 Å². The summed E-state index contributed by atoms with van der Waals surface area (Å²) in [4.78, 5) is 23.8. The number of aliphatic imine (C=N–C) groups is 1. The molecule has 1 aliphatic rings. The van der Waals surface area contributed by atoms with Crippen molar-refractivity contribution < 1.29 is 69.9 Å². The Morgan fingerprint density at radius 2 is 2.07 bits per heavy atom. The number of rotatable bonds is 8. The van der Waals surface area contributed by atoms with Crippen molar-refractivity contribution in [2.45, 2.75) is 12.1 Å². The summed E-state index contributed by atoms with van der Waals surface area (Å²) in [5.74, 6) is -2.44. The van der Waals surface area contributed by atoms with Crippen LogP contribution in [0.15, 0.2) is 15.5 Å². The minimum Gasteiger partial charge on any atom is -0.857 e. The predicted molar refractivity (Wildman–Crippen MR) is 92.5 cm³/mol. The number of β-lactam (4-membered cyclic amide) rings is 1. The second-order valence-electron chi connectivity index (χ2n) is 5.03. The Morgan fingerprint density at radius 3 is 2.52 bits per heavy atom. The Labute approximate surface area is 190 Å². The number of nitrogen functional groups attached to an aromatic ring is 1. The van der Waals surface area contributed by atoms with Crippen LogP contribution in [0.25, 0.3) is 0 Å². The van der Waals surface area contributed by atoms with Gasteiger partial charge in [0, 0.05) is 11.3 Å². The van der Waals surface area contributed by atoms with Gasteiger partial charge in [0.2, 0.25) is 0 Å². The van der Waals surface area contributed by atoms with Crippen LogP contribution in [0.5, 0.6) is 0 Å². The average Bonchev–Trinajstić information content (AvgIpc) is 2.97. The van der Waals surface area contributed by atoms with Crippen LogP contribution >= 0.6 is 11.3 Å². The zero-order valence-electron chi connectivity index (χ0n) is 14.8. The Bertz CT molecular complexity index is 1040. The average molecular weight is 480 g/mol. The van der Waals surface area contributed by atoms with Crippen LogP contribution in [0.4, 0.5) is 5.13 Å². The summed E-state index contributed by atoms with van der Waals surface area (Å²) in [6.07, 6.45) is 0. The van der Waals surface area contributed by atoms with Gasteiger partial charge in [-0.1, -0.05) is 5.16 Å². The maximum atomic E-state index is 12.4. The van der Waals surface area contributed by atoms with E-state index in [1.807, 2.05) is 0 Å². The third-order valence-corrected chi connectivity index (χ3v) is 5.28. The van der Waals surface area contributed by atoms with E-state index in [4.69, 9.17) is 10.3 Å². The molecule has 0 radical (unpaired) electrons. The summed E-state index contributed by atoms with van der Waals surface area (Å²) >= 11 is 0.979. The molecule has 5 N–H and O–H groups in total. The SMILES string of the molecule is CO/N=C(/C([O-])=N[C@@H]1C(=O)N(S(=O)(=O)O)[C@@H]1COS(N)(=O)=O)c1csc(N)n1.[Na+]. The maximum Gasteiger partial charge on any atom is 1.00 e. The molecule has 0 spiro atoms. The van der Waals surface area contributed by atoms with E-state index in [2.05, 4.69) is 29.3 Å². The minimum atomic E-state index is -5.07. The molecule has 29 heavy (non-hydrogen) atoms. The number of nitrogens with two attached hydrogens (primary N) is 2. The van der Waals surface area contributed by atoms with Crippen molar-refractivity contribution in [2.75, 3.05) is 19.5 Å². The number of hydrogen-bond acceptors (Lipinski definition) is 13. The summed E-state index contributed by atoms with van der Waals surface area (Å²) in [7, 11) is -8.45. The molecule has 0 saturated carbocycles. The molecule has 19 heteroatoms. The molecule has 0 aromatic carbocycles. The third kappa shape index (κ3) is 6.30. The van der Waals surface area contributed by atoms with Crippen LogP contribution in [-0.2, 0) is 34.4 Å². The molecule has 1 saturated heterocycles. The zero-order valence-corrected chi connectivity index (χ0v) is 19.3. The van der Waals surface area contributed by atoms with Gasteiger partial charge in [0.15, 0.2) is 11.2 Å². The minimum absolute atomic E-state index is 0. The van der Waals surface area contributed by atoms with Gasteiger partial charge < -0.3 is 15.7 Å². The number of carbonyl (C=O) groups is 1. The van der Waals surface area contributed by atoms with Crippen molar-refractivity contribution in [1.29, 1.82) is 0 Å². The molecular weight excluding hydrogens is 467 g/mol. The van der Waals surface area contributed by atoms with Crippen molar-refractivity contribution in [3.8, 4) is 0 Å². The fourth-order valence-corrected chi connectivity index (χ4v) is 3.86. The molecule has 1 aliphatic heterocycles. The van der Waals surface area contributed by atoms with E-state index in [1.165, 1.54) is 5.38 Å². The van der Waals surface area contributed by atoms with E-state index in [-0.39, 0.29) is 44.7 Å². The molecule has 1 fully saturated rings. The topological polar surface area (TPSA) is 240 Å². The standard InChI is InChI=1S/C10H14N6O9S3.Na/c1-24-15-6(4-3-26-10(11)13-4)8(17)14-7-5(2-25-27(12,19)20)16(9(7)18)28(21,22)23;/h3,5,7H,2H2,1H3,(H2,11,13)(H,14,17)(H2,12,19,20)(H,21,22,23);/q;+1/p-1/b15-6+;/t5-,7+;/m1./s1. The number of anilines is 1. The molecule has 1 aromatic rings. The zero-order chi connectivity index (χ0) is 21.3. The quantitative estimate of drug-likeness (QED) is 0.0788. The summed E-state index contributed by atoms with van der Waals surface area (Å²) in [5.41, 5.74) is 5.01. The van der Waals surface area contributed by atoms with Gasteiger partial charge >= 0.3 is 50.2 Å². The summed E-state index contributed by atoms with van der Waals surface area (Å²) in [6, 6.07) is -3.34. The van der Waals surface area contributed by atoms with Gasteiger partial charge in [-0.3, -0.25) is 18.5 Å². The molecular formula is C10H13N6NaO9S3. The molecule has 15 nitrogen and oxygen atoms in total. The molecule has 2 atom stereocenters. The fourth-order valence-electron chi connectivity index (χ4n) is 2.12. The van der Waals surface area contributed by atoms with Crippen LogP contribution in [0.3, 0.4) is 0 Å². The van der Waals surface area contributed by atoms with Gasteiger partial charge in [-0.15, -0.1) is 11.3 Å². The number of carbonyl (C=O) groups excluding carboxylic acids is 1. The second-order valence-corrected chi connectivity index (χ2v) is 8.43. The Hall–Kier alpha value is -1.38. The molecule has 1 amide bonds. The van der Waals surface area contributed by atoms with Gasteiger partial charge in [-0.05, 0) is 0 Å². The Morgan fingerprint density at radius 1 is 1.45 bits per heavy atom. The van der Waals surface area contributed by atoms with E-state index in [0.29, 0.717) is 0 Å². The van der Waals surface area contributed by atoms with Crippen molar-refractivity contribution in [3.05, 3.63) is 11.1 Å². The smallest absolute Gasteiger partial charge is 0.857 e. The van der Waals surface area contributed by atoms with Crippen LogP contribution in [-0.4, -0.2) is 74.0 Å². The molecule has 1 aromatic heterocycles. The van der Waals surface area contributed by atoms with Crippen molar-refractivity contribution >= 4 is 54.6 Å². The van der Waals surface area contributed by atoms with Gasteiger partial charge in [-0.25, -0.2) is 14.4 Å². The van der Waals surface area contributed by atoms with E-state index in [1.54, 1.807) is 0 Å². The van der Waals surface area contributed by atoms with Crippen LogP contribution < -0.4 is 45.5 Å². The monoisotopic (exact) mass is 480 g/mol. The van der Waals surface area contributed by atoms with Crippen molar-refractivity contribution in [1.82, 2.24) is 9.29 Å². The first-order valence-electron chi connectivity index (χ1n) is 6.90. The molecule has 2 rings (SSSR count). The maximum absolute atomic E-state index is 12.4. The summed E-state index contributed by atoms with van der Waals surface area (Å²) in [5, 5.41) is 21.9. The number of hydrogen-bond donors (Lipinski definition) is 3. The first-order chi connectivity index (χ1) is 12.8. The number of nitrogens with zero attached hydrogens (tertiary/aromatic N) is 4. The Kier molecular flexibility index (Phi) is 8.51. The van der Waals surface area contributed by atoms with Gasteiger partial charge in [0.25, 0.3) is 5.91 Å².